The van der Waals surface area contributed by atoms with Crippen LogP contribution in [0.3, 0.4) is 0 Å². The molecule has 0 saturated heterocycles. The highest BCUT2D eigenvalue weighted by Gasteiger charge is 2.24. The van der Waals surface area contributed by atoms with Crippen molar-refractivity contribution in [3.63, 3.8) is 0 Å². The summed E-state index contributed by atoms with van der Waals surface area (Å²) >= 11 is 0. The van der Waals surface area contributed by atoms with E-state index in [1.54, 1.807) is 57.7 Å². The minimum atomic E-state index is -1.77. The van der Waals surface area contributed by atoms with E-state index in [4.69, 9.17) is 14.3 Å². The van der Waals surface area contributed by atoms with Crippen molar-refractivity contribution in [3.8, 4) is 5.75 Å². The lowest BCUT2D eigenvalue weighted by molar-refractivity contribution is -0.121. The monoisotopic (exact) mass is 515 g/mol. The number of nitrogens with zero attached hydrogens (tertiary/aromatic N) is 5. The van der Waals surface area contributed by atoms with Crippen LogP contribution in [-0.2, 0) is 30.9 Å². The van der Waals surface area contributed by atoms with E-state index >= 15 is 0 Å². The second kappa shape index (κ2) is 12.4. The molecule has 2 aromatic heterocycles. The van der Waals surface area contributed by atoms with Gasteiger partial charge in [0, 0.05) is 46.0 Å². The number of fused-ring (bicyclic) bond motifs is 1. The van der Waals surface area contributed by atoms with Crippen LogP contribution in [0.5, 0.6) is 5.75 Å². The highest BCUT2D eigenvalue weighted by Crippen LogP contribution is 2.24. The first-order valence-corrected chi connectivity index (χ1v) is 12.5. The number of ether oxygens (including phenoxy) is 2. The number of hydrogen-bond acceptors (Lipinski definition) is 9. The van der Waals surface area contributed by atoms with Gasteiger partial charge in [-0.05, 0) is 32.0 Å². The quantitative estimate of drug-likeness (QED) is 0.175. The van der Waals surface area contributed by atoms with Crippen molar-refractivity contribution in [2.75, 3.05) is 34.4 Å². The maximum absolute atomic E-state index is 13.4. The summed E-state index contributed by atoms with van der Waals surface area (Å²) in [6.07, 6.45) is 1.38. The van der Waals surface area contributed by atoms with Gasteiger partial charge < -0.3 is 14.4 Å². The maximum Gasteiger partial charge on any atom is 0.446 e. The zero-order valence-corrected chi connectivity index (χ0v) is 21.7. The number of benzene rings is 1. The largest absolute Gasteiger partial charge is 0.493 e. The van der Waals surface area contributed by atoms with Gasteiger partial charge in [0.15, 0.2) is 0 Å². The minimum Gasteiger partial charge on any atom is -0.493 e. The molecule has 12 heteroatoms. The molecule has 0 aliphatic rings. The smallest absolute Gasteiger partial charge is 0.446 e. The third-order valence-electron chi connectivity index (χ3n) is 5.17. The highest BCUT2D eigenvalue weighted by atomic mass is 32.2. The summed E-state index contributed by atoms with van der Waals surface area (Å²) in [4.78, 5) is 40.1. The molecule has 11 nitrogen and oxygen atoms in total. The minimum absolute atomic E-state index is 0.000876. The van der Waals surface area contributed by atoms with Gasteiger partial charge in [0.2, 0.25) is 5.16 Å². The molecule has 0 saturated carbocycles. The predicted octanol–water partition coefficient (Wildman–Crippen LogP) is 2.91. The molecule has 3 aromatic rings. The number of pyridine rings is 1. The van der Waals surface area contributed by atoms with Crippen LogP contribution >= 0.6 is 0 Å². The number of hydrogen-bond donors (Lipinski definition) is 0. The Morgan fingerprint density at radius 2 is 1.92 bits per heavy atom. The van der Waals surface area contributed by atoms with Crippen LogP contribution in [0.4, 0.5) is 4.79 Å². The normalized spacial score (nSPS) is 12.4. The van der Waals surface area contributed by atoms with Gasteiger partial charge in [-0.25, -0.2) is 14.3 Å². The SMILES string of the molecule is COCCCOc1ccnc(CS(=O)c2nc3ccccc3n2C(=O)ON=C(C)C(=O)N(C)C)c1C. The van der Waals surface area contributed by atoms with Gasteiger partial charge in [0.05, 0.1) is 39.9 Å². The first-order chi connectivity index (χ1) is 17.2. The van der Waals surface area contributed by atoms with Gasteiger partial charge in [-0.2, -0.15) is 0 Å². The van der Waals surface area contributed by atoms with Gasteiger partial charge >= 0.3 is 6.09 Å². The van der Waals surface area contributed by atoms with E-state index in [2.05, 4.69) is 15.1 Å². The average Bonchev–Trinajstić information content (AvgIpc) is 3.26. The van der Waals surface area contributed by atoms with E-state index in [9.17, 15) is 13.8 Å². The lowest BCUT2D eigenvalue weighted by Gasteiger charge is -2.12. The van der Waals surface area contributed by atoms with Crippen LogP contribution in [0.15, 0.2) is 46.8 Å². The molecule has 36 heavy (non-hydrogen) atoms. The fraction of sp³-hybridized carbons (Fsp3) is 0.375. The second-order valence-corrected chi connectivity index (χ2v) is 9.36. The molecule has 1 amide bonds. The summed E-state index contributed by atoms with van der Waals surface area (Å²) in [7, 11) is 2.98. The number of rotatable bonds is 10. The van der Waals surface area contributed by atoms with Crippen molar-refractivity contribution >= 4 is 39.5 Å². The fourth-order valence-electron chi connectivity index (χ4n) is 3.28. The number of amides is 1. The molecule has 0 bridgehead atoms. The van der Waals surface area contributed by atoms with Gasteiger partial charge in [-0.15, -0.1) is 0 Å². The lowest BCUT2D eigenvalue weighted by atomic mass is 10.2. The van der Waals surface area contributed by atoms with Crippen molar-refractivity contribution in [1.29, 1.82) is 0 Å². The highest BCUT2D eigenvalue weighted by molar-refractivity contribution is 7.84. The molecule has 1 unspecified atom stereocenters. The van der Waals surface area contributed by atoms with E-state index in [-0.39, 0.29) is 16.6 Å². The number of carbonyl (C=O) groups is 2. The van der Waals surface area contributed by atoms with E-state index in [0.717, 1.165) is 16.6 Å². The number of methoxy groups -OCH3 is 1. The molecule has 3 rings (SSSR count). The summed E-state index contributed by atoms with van der Waals surface area (Å²) in [5, 5.41) is 3.64. The molecule has 1 aromatic carbocycles. The van der Waals surface area contributed by atoms with Crippen LogP contribution in [-0.4, -0.2) is 75.8 Å². The molecule has 1 atom stereocenters. The lowest BCUT2D eigenvalue weighted by Crippen LogP contribution is -2.28. The van der Waals surface area contributed by atoms with Crippen LogP contribution in [0, 0.1) is 6.92 Å². The first kappa shape index (κ1) is 27.0. The maximum atomic E-state index is 13.4. The molecule has 0 spiro atoms. The Morgan fingerprint density at radius 3 is 2.64 bits per heavy atom. The van der Waals surface area contributed by atoms with E-state index in [1.165, 1.54) is 11.8 Å². The Hall–Kier alpha value is -3.64. The summed E-state index contributed by atoms with van der Waals surface area (Å²) < 4.78 is 25.4. The molecular weight excluding hydrogens is 486 g/mol. The fourth-order valence-corrected chi connectivity index (χ4v) is 4.52. The van der Waals surface area contributed by atoms with Gasteiger partial charge in [0.1, 0.15) is 11.5 Å². The Balaban J connectivity index is 1.88. The van der Waals surface area contributed by atoms with Crippen LogP contribution in [0.1, 0.15) is 24.6 Å². The summed E-state index contributed by atoms with van der Waals surface area (Å²) in [5.41, 5.74) is 2.15. The van der Waals surface area contributed by atoms with Crippen LogP contribution < -0.4 is 4.74 Å². The molecule has 0 fully saturated rings. The molecule has 0 aliphatic heterocycles. The second-order valence-electron chi connectivity index (χ2n) is 8.02. The molecule has 192 valence electrons. The summed E-state index contributed by atoms with van der Waals surface area (Å²) in [6.45, 7) is 4.32. The third-order valence-corrected chi connectivity index (χ3v) is 6.39. The van der Waals surface area contributed by atoms with Crippen molar-refractivity contribution in [1.82, 2.24) is 19.4 Å². The van der Waals surface area contributed by atoms with Gasteiger partial charge in [-0.1, -0.05) is 17.3 Å². The summed E-state index contributed by atoms with van der Waals surface area (Å²) in [5.74, 6) is 0.225. The topological polar surface area (TPSA) is 125 Å². The molecule has 0 aliphatic carbocycles. The first-order valence-electron chi connectivity index (χ1n) is 11.1. The van der Waals surface area contributed by atoms with Gasteiger partial charge in [-0.3, -0.25) is 18.8 Å². The third kappa shape index (κ3) is 6.32. The Kier molecular flexibility index (Phi) is 9.25. The average molecular weight is 516 g/mol. The molecule has 2 heterocycles. The van der Waals surface area contributed by atoms with E-state index in [1.807, 2.05) is 6.92 Å². The van der Waals surface area contributed by atoms with E-state index in [0.29, 0.717) is 35.7 Å². The zero-order chi connectivity index (χ0) is 26.2. The van der Waals surface area contributed by atoms with Crippen LogP contribution in [0.25, 0.3) is 11.0 Å². The number of carbonyl (C=O) groups excluding carboxylic acids is 2. The Labute approximate surface area is 211 Å². The Bertz CT molecular complexity index is 1300. The molecule has 0 N–H and O–H groups in total. The van der Waals surface area contributed by atoms with Gasteiger partial charge in [0.25, 0.3) is 5.91 Å². The predicted molar refractivity (Wildman–Crippen MR) is 134 cm³/mol. The summed E-state index contributed by atoms with van der Waals surface area (Å²) in [6, 6.07) is 8.58. The van der Waals surface area contributed by atoms with Crippen molar-refractivity contribution in [2.24, 2.45) is 5.16 Å². The Morgan fingerprint density at radius 1 is 1.17 bits per heavy atom. The standard InChI is InChI=1S/C24H29N5O6S/c1-16-19(25-12-11-21(16)34-14-8-13-33-5)15-36(32)23-26-18-9-6-7-10-20(18)29(23)24(31)35-27-17(2)22(30)28(3)4/h6-7,9-12H,8,13-15H2,1-5H3. The number of oxime groups is 1. The molecule has 0 radical (unpaired) electrons. The van der Waals surface area contributed by atoms with Crippen molar-refractivity contribution in [2.45, 2.75) is 31.2 Å². The molecular formula is C24H29N5O6S. The van der Waals surface area contributed by atoms with Crippen molar-refractivity contribution in [3.05, 3.63) is 47.8 Å². The number of imidazole rings is 1. The van der Waals surface area contributed by atoms with Crippen molar-refractivity contribution < 1.29 is 28.1 Å². The number of para-hydroxylation sites is 2. The number of aromatic nitrogens is 3. The zero-order valence-electron chi connectivity index (χ0n) is 20.9. The van der Waals surface area contributed by atoms with E-state index < -0.39 is 22.8 Å². The van der Waals surface area contributed by atoms with Crippen LogP contribution in [0.2, 0.25) is 0 Å².